The molecule has 3 aromatic heterocycles. The number of nitrogens with two attached hydrogens (primary N) is 1. The number of anilines is 2. The molecule has 4 aromatic rings. The summed E-state index contributed by atoms with van der Waals surface area (Å²) in [4.78, 5) is 41.0. The van der Waals surface area contributed by atoms with Gasteiger partial charge in [0, 0.05) is 36.7 Å². The summed E-state index contributed by atoms with van der Waals surface area (Å²) in [6.45, 7) is 2.75. The molecule has 0 saturated carbocycles. The molecule has 2 aliphatic heterocycles. The number of halogens is 2. The number of pyridine rings is 1. The Morgan fingerprint density at radius 2 is 2.05 bits per heavy atom. The minimum absolute atomic E-state index is 0.0479. The average molecular weight is 580 g/mol. The molecule has 0 aliphatic carbocycles. The fourth-order valence-corrected chi connectivity index (χ4v) is 6.15. The monoisotopic (exact) mass is 579 g/mol. The molecule has 0 unspecified atom stereocenters. The molecule has 2 fully saturated rings. The van der Waals surface area contributed by atoms with Gasteiger partial charge in [0.1, 0.15) is 39.6 Å². The van der Waals surface area contributed by atoms with Gasteiger partial charge in [-0.2, -0.15) is 0 Å². The van der Waals surface area contributed by atoms with E-state index in [0.717, 1.165) is 19.3 Å². The largest absolute Gasteiger partial charge is 0.493 e. The molecule has 10 nitrogen and oxygen atoms in total. The fourth-order valence-electron chi connectivity index (χ4n) is 5.68. The maximum Gasteiger partial charge on any atom is 0.258 e. The molecule has 1 aromatic carbocycles. The number of carbonyl (C=O) groups excluding carboxylic acids is 2. The van der Waals surface area contributed by atoms with Gasteiger partial charge in [0.05, 0.1) is 23.4 Å². The highest BCUT2D eigenvalue weighted by atomic mass is 35.5. The van der Waals surface area contributed by atoms with Gasteiger partial charge in [-0.1, -0.05) is 29.3 Å². The third-order valence-electron chi connectivity index (χ3n) is 7.53. The van der Waals surface area contributed by atoms with Crippen LogP contribution in [0.2, 0.25) is 10.2 Å². The van der Waals surface area contributed by atoms with Crippen LogP contribution in [0.3, 0.4) is 0 Å². The first-order valence-corrected chi connectivity index (χ1v) is 13.9. The minimum Gasteiger partial charge on any atom is -0.493 e. The highest BCUT2D eigenvalue weighted by Gasteiger charge is 2.39. The zero-order chi connectivity index (χ0) is 28.0. The van der Waals surface area contributed by atoms with Crippen LogP contribution in [0.5, 0.6) is 5.75 Å². The van der Waals surface area contributed by atoms with Gasteiger partial charge < -0.3 is 20.7 Å². The predicted molar refractivity (Wildman–Crippen MR) is 153 cm³/mol. The van der Waals surface area contributed by atoms with Gasteiger partial charge in [0.15, 0.2) is 0 Å². The number of ether oxygens (including phenoxy) is 1. The lowest BCUT2D eigenvalue weighted by atomic mass is 9.92. The van der Waals surface area contributed by atoms with E-state index in [1.165, 1.54) is 6.20 Å². The number of benzene rings is 1. The number of amides is 2. The van der Waals surface area contributed by atoms with Crippen LogP contribution in [0.4, 0.5) is 11.6 Å². The van der Waals surface area contributed by atoms with Crippen molar-refractivity contribution in [3.63, 3.8) is 0 Å². The van der Waals surface area contributed by atoms with Crippen LogP contribution in [0.15, 0.2) is 42.7 Å². The highest BCUT2D eigenvalue weighted by Crippen LogP contribution is 2.42. The second kappa shape index (κ2) is 10.6. The summed E-state index contributed by atoms with van der Waals surface area (Å²) >= 11 is 13.4. The lowest BCUT2D eigenvalue weighted by Gasteiger charge is -2.34. The van der Waals surface area contributed by atoms with Gasteiger partial charge in [-0.15, -0.1) is 0 Å². The molecule has 0 spiro atoms. The SMILES string of the molecule is CCOc1cc(C(=O)Nc2ccccn2)c(Cl)cc1-c1nc([C@@H]2CC[C@H]3CCC(=O)N3C2)n2c(Cl)cnc(N)c12. The summed E-state index contributed by atoms with van der Waals surface area (Å²) in [6, 6.07) is 8.74. The van der Waals surface area contributed by atoms with Crippen molar-refractivity contribution in [3.05, 3.63) is 64.3 Å². The quantitative estimate of drug-likeness (QED) is 0.321. The smallest absolute Gasteiger partial charge is 0.258 e. The molecule has 2 atom stereocenters. The van der Waals surface area contributed by atoms with Crippen molar-refractivity contribution >= 4 is 52.2 Å². The van der Waals surface area contributed by atoms with E-state index in [4.69, 9.17) is 38.7 Å². The van der Waals surface area contributed by atoms with Crippen molar-refractivity contribution in [2.24, 2.45) is 0 Å². The van der Waals surface area contributed by atoms with Gasteiger partial charge in [-0.3, -0.25) is 14.0 Å². The number of nitrogens with zero attached hydrogens (tertiary/aromatic N) is 5. The standard InChI is InChI=1S/C28H27Cl2N7O3/c1-2-40-20-12-17(28(39)34-22-5-3-4-10-32-22)19(29)11-18(20)24-25-26(31)33-13-21(30)37(25)27(35-24)15-6-7-16-8-9-23(38)36(16)14-15/h3-5,10-13,15-16H,2,6-9,14H2,1H3,(H2,31,33)(H,32,34,39)/t15-,16+/m1/s1. The zero-order valence-electron chi connectivity index (χ0n) is 21.7. The minimum atomic E-state index is -0.428. The van der Waals surface area contributed by atoms with Crippen molar-refractivity contribution in [3.8, 4) is 17.0 Å². The van der Waals surface area contributed by atoms with Crippen molar-refractivity contribution < 1.29 is 14.3 Å². The molecule has 0 radical (unpaired) electrons. The first-order valence-electron chi connectivity index (χ1n) is 13.2. The van der Waals surface area contributed by atoms with E-state index in [2.05, 4.69) is 15.3 Å². The van der Waals surface area contributed by atoms with E-state index in [1.807, 2.05) is 11.8 Å². The number of hydrogen-bond donors (Lipinski definition) is 2. The Labute approximate surface area is 240 Å². The van der Waals surface area contributed by atoms with Crippen LogP contribution in [0.1, 0.15) is 54.7 Å². The van der Waals surface area contributed by atoms with E-state index < -0.39 is 5.91 Å². The first kappa shape index (κ1) is 26.3. The summed E-state index contributed by atoms with van der Waals surface area (Å²) < 4.78 is 7.78. The number of piperidine rings is 1. The van der Waals surface area contributed by atoms with Crippen LogP contribution in [0, 0.1) is 0 Å². The third-order valence-corrected chi connectivity index (χ3v) is 8.11. The molecule has 2 aliphatic rings. The Balaban J connectivity index is 1.46. The van der Waals surface area contributed by atoms with Crippen LogP contribution in [-0.4, -0.2) is 55.3 Å². The number of aromatic nitrogens is 4. The summed E-state index contributed by atoms with van der Waals surface area (Å²) in [5.41, 5.74) is 8.17. The van der Waals surface area contributed by atoms with Gasteiger partial charge in [0.2, 0.25) is 5.91 Å². The molecule has 5 heterocycles. The van der Waals surface area contributed by atoms with Gasteiger partial charge in [0.25, 0.3) is 5.91 Å². The van der Waals surface area contributed by atoms with Crippen LogP contribution >= 0.6 is 23.2 Å². The van der Waals surface area contributed by atoms with E-state index >= 15 is 0 Å². The van der Waals surface area contributed by atoms with E-state index in [9.17, 15) is 9.59 Å². The van der Waals surface area contributed by atoms with E-state index in [1.54, 1.807) is 40.9 Å². The van der Waals surface area contributed by atoms with E-state index in [-0.39, 0.29) is 34.3 Å². The summed E-state index contributed by atoms with van der Waals surface area (Å²) in [5, 5.41) is 3.30. The van der Waals surface area contributed by atoms with Crippen molar-refractivity contribution in [2.45, 2.75) is 44.6 Å². The first-order chi connectivity index (χ1) is 19.4. The number of fused-ring (bicyclic) bond motifs is 2. The Bertz CT molecular complexity index is 1630. The molecule has 2 saturated heterocycles. The Morgan fingerprint density at radius 1 is 1.20 bits per heavy atom. The number of carbonyl (C=O) groups is 2. The number of rotatable bonds is 6. The van der Waals surface area contributed by atoms with E-state index in [0.29, 0.717) is 58.9 Å². The lowest BCUT2D eigenvalue weighted by Crippen LogP contribution is -2.41. The molecule has 2 amide bonds. The molecular weight excluding hydrogens is 553 g/mol. The van der Waals surface area contributed by atoms with Gasteiger partial charge in [-0.05, 0) is 50.5 Å². The van der Waals surface area contributed by atoms with Crippen LogP contribution in [0.25, 0.3) is 16.8 Å². The fraction of sp³-hybridized carbons (Fsp3) is 0.321. The lowest BCUT2D eigenvalue weighted by molar-refractivity contribution is -0.130. The van der Waals surface area contributed by atoms with Gasteiger partial charge >= 0.3 is 0 Å². The number of nitrogen functional groups attached to an aromatic ring is 1. The van der Waals surface area contributed by atoms with Crippen LogP contribution in [-0.2, 0) is 4.79 Å². The Hall–Kier alpha value is -3.89. The summed E-state index contributed by atoms with van der Waals surface area (Å²) in [6.07, 6.45) is 6.31. The van der Waals surface area contributed by atoms with Crippen LogP contribution < -0.4 is 15.8 Å². The summed E-state index contributed by atoms with van der Waals surface area (Å²) in [7, 11) is 0. The molecule has 12 heteroatoms. The normalized spacial score (nSPS) is 18.7. The number of hydrogen-bond acceptors (Lipinski definition) is 7. The van der Waals surface area contributed by atoms with Crippen molar-refractivity contribution in [1.29, 1.82) is 0 Å². The van der Waals surface area contributed by atoms with Gasteiger partial charge in [-0.25, -0.2) is 15.0 Å². The average Bonchev–Trinajstić information content (AvgIpc) is 3.54. The third kappa shape index (κ3) is 4.61. The Morgan fingerprint density at radius 3 is 2.83 bits per heavy atom. The van der Waals surface area contributed by atoms with Crippen molar-refractivity contribution in [1.82, 2.24) is 24.3 Å². The number of imidazole rings is 1. The summed E-state index contributed by atoms with van der Waals surface area (Å²) in [5.74, 6) is 1.43. The highest BCUT2D eigenvalue weighted by molar-refractivity contribution is 6.35. The molecule has 206 valence electrons. The molecule has 6 rings (SSSR count). The zero-order valence-corrected chi connectivity index (χ0v) is 23.2. The predicted octanol–water partition coefficient (Wildman–Crippen LogP) is 5.20. The maximum absolute atomic E-state index is 13.1. The second-order valence-corrected chi connectivity index (χ2v) is 10.7. The maximum atomic E-state index is 13.1. The topological polar surface area (TPSA) is 128 Å². The van der Waals surface area contributed by atoms with Crippen molar-refractivity contribution in [2.75, 3.05) is 24.2 Å². The number of nitrogens with one attached hydrogen (secondary N) is 1. The second-order valence-electron chi connectivity index (χ2n) is 9.91. The molecule has 0 bridgehead atoms. The molecular formula is C28H27Cl2N7O3. The molecule has 40 heavy (non-hydrogen) atoms. The molecule has 3 N–H and O–H groups in total. The Kier molecular flexibility index (Phi) is 6.97.